The molecule has 1 heteroatoms. The minimum Gasteiger partial charge on any atom is -0.513 e. The zero-order valence-electron chi connectivity index (χ0n) is 13.2. The molecule has 0 heterocycles. The molecule has 0 rings (SSSR count). The smallest absolute Gasteiger partial charge is 0.0886 e. The number of aliphatic hydroxyl groups is 1. The van der Waals surface area contributed by atoms with Crippen LogP contribution in [0.4, 0.5) is 0 Å². The second-order valence-electron chi connectivity index (χ2n) is 5.42. The van der Waals surface area contributed by atoms with Gasteiger partial charge in [-0.05, 0) is 31.8 Å². The molecule has 0 spiro atoms. The topological polar surface area (TPSA) is 20.2 Å². The highest BCUT2D eigenvalue weighted by Gasteiger charge is 1.94. The molecular weight excluding hydrogens is 232 g/mol. The van der Waals surface area contributed by atoms with Crippen LogP contribution >= 0.6 is 0 Å². The molecule has 0 aromatic heterocycles. The highest BCUT2D eigenvalue weighted by molar-refractivity contribution is 4.97. The van der Waals surface area contributed by atoms with Crippen LogP contribution in [0.2, 0.25) is 0 Å². The summed E-state index contributed by atoms with van der Waals surface area (Å²) in [5, 5.41) is 9.72. The molecule has 0 aliphatic heterocycles. The Labute approximate surface area is 120 Å². The van der Waals surface area contributed by atoms with E-state index in [1.807, 2.05) is 6.08 Å². The van der Waals surface area contributed by atoms with Gasteiger partial charge in [0, 0.05) is 6.42 Å². The molecule has 0 amide bonds. The summed E-state index contributed by atoms with van der Waals surface area (Å²) in [5.41, 5.74) is 0. The molecule has 0 aromatic carbocycles. The van der Waals surface area contributed by atoms with Gasteiger partial charge < -0.3 is 5.11 Å². The minimum atomic E-state index is 0.577. The number of hydrogen-bond acceptors (Lipinski definition) is 1. The van der Waals surface area contributed by atoms with Crippen LogP contribution in [0.1, 0.15) is 90.9 Å². The van der Waals surface area contributed by atoms with Gasteiger partial charge in [0.2, 0.25) is 0 Å². The van der Waals surface area contributed by atoms with Gasteiger partial charge in [0.1, 0.15) is 0 Å². The van der Waals surface area contributed by atoms with Crippen molar-refractivity contribution in [1.29, 1.82) is 0 Å². The highest BCUT2D eigenvalue weighted by atomic mass is 16.3. The number of hydrogen-bond donors (Lipinski definition) is 1. The van der Waals surface area contributed by atoms with Crippen molar-refractivity contribution in [2.75, 3.05) is 0 Å². The molecule has 0 aliphatic rings. The van der Waals surface area contributed by atoms with E-state index in [1.165, 1.54) is 57.8 Å². The number of unbranched alkanes of at least 4 members (excludes halogenated alkanes) is 8. The fourth-order valence-electron chi connectivity index (χ4n) is 2.12. The fourth-order valence-corrected chi connectivity index (χ4v) is 2.12. The molecule has 0 radical (unpaired) electrons. The van der Waals surface area contributed by atoms with Gasteiger partial charge in [-0.15, -0.1) is 0 Å². The minimum absolute atomic E-state index is 0.577. The SMILES string of the molecule is CCCCC/C=C\C/C=C(/O)CCCCCCCC. The Bertz CT molecular complexity index is 228. The van der Waals surface area contributed by atoms with Crippen molar-refractivity contribution in [3.05, 3.63) is 24.0 Å². The molecule has 0 saturated heterocycles. The van der Waals surface area contributed by atoms with Gasteiger partial charge >= 0.3 is 0 Å². The summed E-state index contributed by atoms with van der Waals surface area (Å²) < 4.78 is 0. The third-order valence-corrected chi connectivity index (χ3v) is 3.42. The first-order valence-electron chi connectivity index (χ1n) is 8.34. The normalized spacial score (nSPS) is 12.4. The van der Waals surface area contributed by atoms with E-state index in [1.54, 1.807) is 0 Å². The van der Waals surface area contributed by atoms with Crippen LogP contribution < -0.4 is 0 Å². The molecule has 1 nitrogen and oxygen atoms in total. The first-order valence-corrected chi connectivity index (χ1v) is 8.34. The molecule has 112 valence electrons. The van der Waals surface area contributed by atoms with Gasteiger partial charge in [0.15, 0.2) is 0 Å². The van der Waals surface area contributed by atoms with Crippen molar-refractivity contribution in [2.45, 2.75) is 90.9 Å². The maximum Gasteiger partial charge on any atom is 0.0886 e. The number of aliphatic hydroxyl groups excluding tert-OH is 1. The Balaban J connectivity index is 3.39. The average Bonchev–Trinajstić information content (AvgIpc) is 2.41. The van der Waals surface area contributed by atoms with Crippen molar-refractivity contribution in [1.82, 2.24) is 0 Å². The van der Waals surface area contributed by atoms with Crippen LogP contribution in [0.25, 0.3) is 0 Å². The largest absolute Gasteiger partial charge is 0.513 e. The van der Waals surface area contributed by atoms with E-state index in [2.05, 4.69) is 26.0 Å². The molecule has 0 aromatic rings. The van der Waals surface area contributed by atoms with E-state index in [4.69, 9.17) is 0 Å². The summed E-state index contributed by atoms with van der Waals surface area (Å²) in [6, 6.07) is 0. The Morgan fingerprint density at radius 1 is 0.789 bits per heavy atom. The summed E-state index contributed by atoms with van der Waals surface area (Å²) in [6.07, 6.45) is 20.9. The molecule has 0 bridgehead atoms. The van der Waals surface area contributed by atoms with Crippen LogP contribution in [-0.2, 0) is 0 Å². The van der Waals surface area contributed by atoms with E-state index in [9.17, 15) is 5.11 Å². The summed E-state index contributed by atoms with van der Waals surface area (Å²) >= 11 is 0. The maximum absolute atomic E-state index is 9.72. The van der Waals surface area contributed by atoms with Crippen LogP contribution in [0, 0.1) is 0 Å². The van der Waals surface area contributed by atoms with E-state index in [-0.39, 0.29) is 0 Å². The van der Waals surface area contributed by atoms with Gasteiger partial charge in [0.25, 0.3) is 0 Å². The molecule has 0 aliphatic carbocycles. The van der Waals surface area contributed by atoms with Crippen molar-refractivity contribution in [3.8, 4) is 0 Å². The molecule has 0 unspecified atom stereocenters. The molecule has 1 N–H and O–H groups in total. The molecular formula is C18H34O. The van der Waals surface area contributed by atoms with E-state index in [0.717, 1.165) is 19.3 Å². The first kappa shape index (κ1) is 18.3. The quantitative estimate of drug-likeness (QED) is 0.223. The Morgan fingerprint density at radius 3 is 2.16 bits per heavy atom. The lowest BCUT2D eigenvalue weighted by molar-refractivity contribution is 0.378. The van der Waals surface area contributed by atoms with Crippen molar-refractivity contribution < 1.29 is 5.11 Å². The van der Waals surface area contributed by atoms with Gasteiger partial charge in [-0.25, -0.2) is 0 Å². The van der Waals surface area contributed by atoms with Gasteiger partial charge in [-0.1, -0.05) is 70.9 Å². The summed E-state index contributed by atoms with van der Waals surface area (Å²) in [5.74, 6) is 0.577. The van der Waals surface area contributed by atoms with E-state index >= 15 is 0 Å². The highest BCUT2D eigenvalue weighted by Crippen LogP contribution is 2.10. The third-order valence-electron chi connectivity index (χ3n) is 3.42. The number of allylic oxidation sites excluding steroid dienone is 4. The standard InChI is InChI=1S/C18H34O/c1-3-5-7-9-11-13-15-17-18(19)16-14-12-10-8-6-4-2/h11,13,17,19H,3-10,12,14-16H2,1-2H3/b13-11-,18-17+. The zero-order valence-corrected chi connectivity index (χ0v) is 13.2. The van der Waals surface area contributed by atoms with Crippen LogP contribution in [-0.4, -0.2) is 5.11 Å². The Hall–Kier alpha value is -0.720. The lowest BCUT2D eigenvalue weighted by Gasteiger charge is -2.00. The third kappa shape index (κ3) is 15.2. The Kier molecular flexibility index (Phi) is 14.8. The lowest BCUT2D eigenvalue weighted by atomic mass is 10.1. The van der Waals surface area contributed by atoms with Crippen LogP contribution in [0.5, 0.6) is 0 Å². The lowest BCUT2D eigenvalue weighted by Crippen LogP contribution is -1.84. The van der Waals surface area contributed by atoms with Crippen molar-refractivity contribution >= 4 is 0 Å². The monoisotopic (exact) mass is 266 g/mol. The van der Waals surface area contributed by atoms with Crippen LogP contribution in [0.15, 0.2) is 24.0 Å². The van der Waals surface area contributed by atoms with Crippen molar-refractivity contribution in [2.24, 2.45) is 0 Å². The summed E-state index contributed by atoms with van der Waals surface area (Å²) in [7, 11) is 0. The number of rotatable bonds is 13. The van der Waals surface area contributed by atoms with E-state index in [0.29, 0.717) is 5.76 Å². The molecule has 0 fully saturated rings. The van der Waals surface area contributed by atoms with Gasteiger partial charge in [-0.2, -0.15) is 0 Å². The second kappa shape index (κ2) is 15.3. The fraction of sp³-hybridized carbons (Fsp3) is 0.778. The molecule has 19 heavy (non-hydrogen) atoms. The molecule has 0 saturated carbocycles. The second-order valence-corrected chi connectivity index (χ2v) is 5.42. The van der Waals surface area contributed by atoms with E-state index < -0.39 is 0 Å². The summed E-state index contributed by atoms with van der Waals surface area (Å²) in [4.78, 5) is 0. The van der Waals surface area contributed by atoms with Crippen LogP contribution in [0.3, 0.4) is 0 Å². The van der Waals surface area contributed by atoms with Gasteiger partial charge in [-0.3, -0.25) is 0 Å². The Morgan fingerprint density at radius 2 is 1.42 bits per heavy atom. The predicted molar refractivity (Wildman–Crippen MR) is 86.6 cm³/mol. The summed E-state index contributed by atoms with van der Waals surface area (Å²) in [6.45, 7) is 4.47. The van der Waals surface area contributed by atoms with Gasteiger partial charge in [0.05, 0.1) is 5.76 Å². The first-order chi connectivity index (χ1) is 9.31. The van der Waals surface area contributed by atoms with Crippen molar-refractivity contribution in [3.63, 3.8) is 0 Å². The maximum atomic E-state index is 9.72. The predicted octanol–water partition coefficient (Wildman–Crippen LogP) is 6.71. The zero-order chi connectivity index (χ0) is 14.2. The average molecular weight is 266 g/mol. The molecule has 0 atom stereocenters.